The van der Waals surface area contributed by atoms with E-state index in [0.29, 0.717) is 28.6 Å². The first-order valence-corrected chi connectivity index (χ1v) is 11.5. The molecule has 0 bridgehead atoms. The first-order valence-electron chi connectivity index (χ1n) is 11.5. The molecule has 4 N–H and O–H groups in total. The van der Waals surface area contributed by atoms with E-state index in [2.05, 4.69) is 15.0 Å². The van der Waals surface area contributed by atoms with Crippen LogP contribution in [0.5, 0.6) is 11.5 Å². The SMILES string of the molecule is CC(O)(c1cccc(CCC(=O)O)c1)c1cnc(-c2cc(Oc3cc(F)c4[nH]ccc4c3)ccc2F)[nH]1. The molecule has 37 heavy (non-hydrogen) atoms. The largest absolute Gasteiger partial charge is 0.481 e. The molecule has 0 fully saturated rings. The van der Waals surface area contributed by atoms with Crippen molar-refractivity contribution in [2.45, 2.75) is 25.4 Å². The fourth-order valence-corrected chi connectivity index (χ4v) is 4.19. The van der Waals surface area contributed by atoms with Crippen molar-refractivity contribution in [3.63, 3.8) is 0 Å². The van der Waals surface area contributed by atoms with Crippen molar-refractivity contribution in [3.05, 3.63) is 102 Å². The van der Waals surface area contributed by atoms with E-state index in [9.17, 15) is 18.7 Å². The van der Waals surface area contributed by atoms with Crippen molar-refractivity contribution < 1.29 is 28.5 Å². The molecule has 2 heterocycles. The highest BCUT2D eigenvalue weighted by Gasteiger charge is 2.29. The average Bonchev–Trinajstić information content (AvgIpc) is 3.55. The normalized spacial score (nSPS) is 13.0. The first-order chi connectivity index (χ1) is 17.7. The van der Waals surface area contributed by atoms with Crippen LogP contribution in [0.4, 0.5) is 8.78 Å². The second kappa shape index (κ2) is 9.51. The van der Waals surface area contributed by atoms with E-state index in [-0.39, 0.29) is 29.3 Å². The zero-order chi connectivity index (χ0) is 26.2. The molecule has 0 aliphatic rings. The number of H-pyrrole nitrogens is 2. The Morgan fingerprint density at radius 2 is 1.89 bits per heavy atom. The number of aliphatic hydroxyl groups is 1. The summed E-state index contributed by atoms with van der Waals surface area (Å²) < 4.78 is 34.9. The summed E-state index contributed by atoms with van der Waals surface area (Å²) in [7, 11) is 0. The molecular weight excluding hydrogens is 480 g/mol. The van der Waals surface area contributed by atoms with Gasteiger partial charge in [0.15, 0.2) is 5.82 Å². The number of carboxylic acid groups (broad SMARTS) is 1. The van der Waals surface area contributed by atoms with Crippen molar-refractivity contribution in [3.8, 4) is 22.9 Å². The number of aryl methyl sites for hydroxylation is 1. The molecule has 5 aromatic rings. The molecule has 3 aromatic carbocycles. The number of nitrogens with one attached hydrogen (secondary N) is 2. The quantitative estimate of drug-likeness (QED) is 0.211. The lowest BCUT2D eigenvalue weighted by Gasteiger charge is -2.23. The van der Waals surface area contributed by atoms with Crippen LogP contribution in [-0.4, -0.2) is 31.1 Å². The number of aromatic nitrogens is 3. The molecule has 188 valence electrons. The maximum Gasteiger partial charge on any atom is 0.303 e. The molecule has 0 radical (unpaired) electrons. The molecule has 0 aliphatic heterocycles. The first kappa shape index (κ1) is 24.2. The van der Waals surface area contributed by atoms with Gasteiger partial charge in [-0.25, -0.2) is 13.8 Å². The summed E-state index contributed by atoms with van der Waals surface area (Å²) in [5.41, 5.74) is 0.602. The summed E-state index contributed by atoms with van der Waals surface area (Å²) >= 11 is 0. The Morgan fingerprint density at radius 3 is 2.70 bits per heavy atom. The Kier molecular flexibility index (Phi) is 6.22. The van der Waals surface area contributed by atoms with Crippen LogP contribution in [0, 0.1) is 11.6 Å². The zero-order valence-electron chi connectivity index (χ0n) is 19.8. The molecule has 1 unspecified atom stereocenters. The van der Waals surface area contributed by atoms with Crippen LogP contribution in [0.2, 0.25) is 0 Å². The molecule has 0 saturated carbocycles. The van der Waals surface area contributed by atoms with Crippen molar-refractivity contribution >= 4 is 16.9 Å². The van der Waals surface area contributed by atoms with Crippen molar-refractivity contribution in [1.29, 1.82) is 0 Å². The summed E-state index contributed by atoms with van der Waals surface area (Å²) in [5, 5.41) is 20.9. The van der Waals surface area contributed by atoms with E-state index in [1.165, 1.54) is 30.5 Å². The van der Waals surface area contributed by atoms with Gasteiger partial charge in [-0.3, -0.25) is 4.79 Å². The van der Waals surface area contributed by atoms with Gasteiger partial charge < -0.3 is 24.9 Å². The predicted molar refractivity (Wildman–Crippen MR) is 133 cm³/mol. The van der Waals surface area contributed by atoms with Crippen LogP contribution in [0.1, 0.15) is 30.2 Å². The number of hydrogen-bond acceptors (Lipinski definition) is 4. The molecule has 9 heteroatoms. The molecule has 0 saturated heterocycles. The molecule has 1 atom stereocenters. The molecule has 7 nitrogen and oxygen atoms in total. The second-order valence-electron chi connectivity index (χ2n) is 8.90. The van der Waals surface area contributed by atoms with Gasteiger partial charge in [-0.2, -0.15) is 0 Å². The Hall–Kier alpha value is -4.50. The molecule has 5 rings (SSSR count). The second-order valence-corrected chi connectivity index (χ2v) is 8.90. The van der Waals surface area contributed by atoms with Gasteiger partial charge >= 0.3 is 5.97 Å². The van der Waals surface area contributed by atoms with Crippen molar-refractivity contribution in [2.24, 2.45) is 0 Å². The minimum absolute atomic E-state index is 0.0246. The van der Waals surface area contributed by atoms with Crippen LogP contribution in [0.3, 0.4) is 0 Å². The number of aliphatic carboxylic acids is 1. The molecular formula is C28H23F2N3O4. The molecule has 2 aromatic heterocycles. The third-order valence-electron chi connectivity index (χ3n) is 6.23. The summed E-state index contributed by atoms with van der Waals surface area (Å²) in [6.07, 6.45) is 3.35. The minimum atomic E-state index is -1.50. The third-order valence-corrected chi connectivity index (χ3v) is 6.23. The van der Waals surface area contributed by atoms with E-state index < -0.39 is 23.2 Å². The van der Waals surface area contributed by atoms with Gasteiger partial charge in [-0.1, -0.05) is 24.3 Å². The van der Waals surface area contributed by atoms with Crippen LogP contribution in [0.15, 0.2) is 73.1 Å². The van der Waals surface area contributed by atoms with Gasteiger partial charge in [0, 0.05) is 24.1 Å². The smallest absolute Gasteiger partial charge is 0.303 e. The summed E-state index contributed by atoms with van der Waals surface area (Å²) in [6.45, 7) is 1.57. The number of carbonyl (C=O) groups is 1. The van der Waals surface area contributed by atoms with Crippen LogP contribution < -0.4 is 4.74 Å². The highest BCUT2D eigenvalue weighted by molar-refractivity contribution is 5.81. The van der Waals surface area contributed by atoms with E-state index in [4.69, 9.17) is 9.84 Å². The van der Waals surface area contributed by atoms with Gasteiger partial charge in [0.05, 0.1) is 23.0 Å². The maximum absolute atomic E-state index is 14.8. The van der Waals surface area contributed by atoms with Crippen LogP contribution >= 0.6 is 0 Å². The standard InChI is InChI=1S/C28H23F2N3O4/c1-28(36,18-4-2-3-16(11-18)5-8-25(34)35)24-15-32-27(33-24)21-13-19(6-7-22(21)29)37-20-12-17-9-10-31-26(17)23(30)14-20/h2-4,6-7,9-15,31,36H,5,8H2,1H3,(H,32,33)(H,34,35). The topological polar surface area (TPSA) is 111 Å². The average molecular weight is 504 g/mol. The Balaban J connectivity index is 1.41. The number of rotatable bonds is 8. The zero-order valence-corrected chi connectivity index (χ0v) is 19.8. The number of nitrogens with zero attached hydrogens (tertiary/aromatic N) is 1. The highest BCUT2D eigenvalue weighted by atomic mass is 19.1. The van der Waals surface area contributed by atoms with Crippen molar-refractivity contribution in [2.75, 3.05) is 0 Å². The van der Waals surface area contributed by atoms with Gasteiger partial charge in [-0.05, 0) is 54.8 Å². The lowest BCUT2D eigenvalue weighted by molar-refractivity contribution is -0.136. The number of fused-ring (bicyclic) bond motifs is 1. The Labute approximate surface area is 210 Å². The number of aromatic amines is 2. The van der Waals surface area contributed by atoms with E-state index in [1.54, 1.807) is 49.5 Å². The third kappa shape index (κ3) is 4.94. The number of benzene rings is 3. The monoisotopic (exact) mass is 503 g/mol. The molecule has 0 spiro atoms. The van der Waals surface area contributed by atoms with E-state index >= 15 is 0 Å². The van der Waals surface area contributed by atoms with E-state index in [1.807, 2.05) is 0 Å². The number of imidazole rings is 1. The van der Waals surface area contributed by atoms with Gasteiger partial charge in [0.1, 0.15) is 28.7 Å². The predicted octanol–water partition coefficient (Wildman–Crippen LogP) is 5.90. The molecule has 0 amide bonds. The van der Waals surface area contributed by atoms with Crippen LogP contribution in [-0.2, 0) is 16.8 Å². The van der Waals surface area contributed by atoms with Crippen LogP contribution in [0.25, 0.3) is 22.3 Å². The van der Waals surface area contributed by atoms with E-state index in [0.717, 1.165) is 5.56 Å². The number of ether oxygens (including phenoxy) is 1. The number of hydrogen-bond donors (Lipinski definition) is 4. The van der Waals surface area contributed by atoms with Gasteiger partial charge in [-0.15, -0.1) is 0 Å². The lowest BCUT2D eigenvalue weighted by atomic mass is 9.91. The number of halogens is 2. The Morgan fingerprint density at radius 1 is 1.05 bits per heavy atom. The fraction of sp³-hybridized carbons (Fsp3) is 0.143. The number of carboxylic acids is 1. The summed E-state index contributed by atoms with van der Waals surface area (Å²) in [6, 6.07) is 15.7. The Bertz CT molecular complexity index is 1610. The lowest BCUT2D eigenvalue weighted by Crippen LogP contribution is -2.23. The summed E-state index contributed by atoms with van der Waals surface area (Å²) in [5.74, 6) is -1.22. The molecule has 0 aliphatic carbocycles. The maximum atomic E-state index is 14.8. The van der Waals surface area contributed by atoms with Crippen molar-refractivity contribution in [1.82, 2.24) is 15.0 Å². The summed E-state index contributed by atoms with van der Waals surface area (Å²) in [4.78, 5) is 21.0. The minimum Gasteiger partial charge on any atom is -0.481 e. The fourth-order valence-electron chi connectivity index (χ4n) is 4.19. The van der Waals surface area contributed by atoms with Gasteiger partial charge in [0.25, 0.3) is 0 Å². The van der Waals surface area contributed by atoms with Gasteiger partial charge in [0.2, 0.25) is 0 Å². The highest BCUT2D eigenvalue weighted by Crippen LogP contribution is 2.33.